The van der Waals surface area contributed by atoms with Crippen molar-refractivity contribution >= 4 is 59.3 Å². The Hall–Kier alpha value is -7.52. The lowest BCUT2D eigenvalue weighted by Gasteiger charge is -2.92. The summed E-state index contributed by atoms with van der Waals surface area (Å²) in [5.41, 5.74) is 20.4. The first-order valence-electron chi connectivity index (χ1n) is 25.0. The van der Waals surface area contributed by atoms with Gasteiger partial charge in [0.1, 0.15) is 0 Å². The number of nitrogens with zero attached hydrogens (tertiary/aromatic N) is 1. The van der Waals surface area contributed by atoms with Crippen LogP contribution in [0.2, 0.25) is 0 Å². The minimum atomic E-state index is 0.193. The lowest BCUT2D eigenvalue weighted by atomic mass is 9.11. The molecule has 0 saturated heterocycles. The van der Waals surface area contributed by atoms with E-state index in [-0.39, 0.29) is 5.41 Å². The molecule has 5 aliphatic rings. The Morgan fingerprint density at radius 3 is 1.74 bits per heavy atom. The van der Waals surface area contributed by atoms with Crippen molar-refractivity contribution in [2.45, 2.75) is 24.7 Å². The number of hydrogen-bond donors (Lipinski definition) is 0. The molecule has 1 aromatic heterocycles. The Kier molecular flexibility index (Phi) is 7.82. The van der Waals surface area contributed by atoms with Crippen molar-refractivity contribution in [1.82, 2.24) is 0 Å². The maximum atomic E-state index is 2.62. The zero-order chi connectivity index (χ0) is 45.0. The molecule has 0 amide bonds. The molecular weight excluding hydrogens is 851 g/mol. The number of fused-ring (bicyclic) bond motifs is 11. The van der Waals surface area contributed by atoms with Gasteiger partial charge >= 0.3 is 0 Å². The average Bonchev–Trinajstić information content (AvgIpc) is 3.92. The van der Waals surface area contributed by atoms with E-state index in [2.05, 4.69) is 229 Å². The van der Waals surface area contributed by atoms with Crippen molar-refractivity contribution in [3.8, 4) is 55.6 Å². The predicted molar refractivity (Wildman–Crippen MR) is 290 cm³/mol. The molecule has 0 radical (unpaired) electrons. The summed E-state index contributed by atoms with van der Waals surface area (Å²) in [7, 11) is 0. The fourth-order valence-corrected chi connectivity index (χ4v) is 16.8. The van der Waals surface area contributed by atoms with Gasteiger partial charge in [-0.05, 0) is 146 Å². The smallest absolute Gasteiger partial charge is 0.0540 e. The van der Waals surface area contributed by atoms with Crippen LogP contribution in [0.3, 0.4) is 0 Å². The highest BCUT2D eigenvalue weighted by Crippen LogP contribution is 2.94. The van der Waals surface area contributed by atoms with Crippen molar-refractivity contribution in [1.29, 1.82) is 0 Å². The van der Waals surface area contributed by atoms with Gasteiger partial charge in [-0.25, -0.2) is 0 Å². The molecule has 69 heavy (non-hydrogen) atoms. The Balaban J connectivity index is 0.878. The molecule has 0 aliphatic heterocycles. The van der Waals surface area contributed by atoms with E-state index >= 15 is 0 Å². The third-order valence-corrected chi connectivity index (χ3v) is 19.4. The fraction of sp³-hybridized carbons (Fsp3) is 0.134. The molecule has 1 nitrogen and oxygen atoms in total. The van der Waals surface area contributed by atoms with Gasteiger partial charge in [-0.3, -0.25) is 0 Å². The Morgan fingerprint density at radius 2 is 0.971 bits per heavy atom. The standard InChI is InChI=1S/C67H47NS/c1-2-15-42(16-3-1)48-23-12-17-43-18-13-24-54(64(43)48)51-20-5-9-28-59(51)68(60-29-10-6-21-52(60)55-25-14-26-56-53-22-7-11-30-61(53)69-65(55)56)47-34-31-41(32-35-47)44-33-36-50-49-19-4-8-27-57(49)67(58(50)37-44)62-39-45-38-46-40-63(67)66(45,46)62/h1-37,45-46,62-63H,38-40H2. The van der Waals surface area contributed by atoms with E-state index in [9.17, 15) is 0 Å². The summed E-state index contributed by atoms with van der Waals surface area (Å²) in [6.45, 7) is 0. The van der Waals surface area contributed by atoms with Crippen LogP contribution in [-0.4, -0.2) is 0 Å². The van der Waals surface area contributed by atoms with Gasteiger partial charge in [0.25, 0.3) is 0 Å². The van der Waals surface area contributed by atoms with Gasteiger partial charge in [0.05, 0.1) is 11.4 Å². The minimum absolute atomic E-state index is 0.193. The summed E-state index contributed by atoms with van der Waals surface area (Å²) in [6, 6.07) is 84.7. The molecule has 326 valence electrons. The second-order valence-electron chi connectivity index (χ2n) is 20.7. The third kappa shape index (κ3) is 4.90. The first kappa shape index (κ1) is 38.4. The van der Waals surface area contributed by atoms with Gasteiger partial charge in [-0.1, -0.05) is 188 Å². The molecule has 0 N–H and O–H groups in total. The summed E-state index contributed by atoms with van der Waals surface area (Å²) in [6.07, 6.45) is 4.33. The molecule has 10 aromatic carbocycles. The van der Waals surface area contributed by atoms with Crippen LogP contribution in [0.4, 0.5) is 17.1 Å². The number of para-hydroxylation sites is 2. The van der Waals surface area contributed by atoms with Crippen LogP contribution in [-0.2, 0) is 5.41 Å². The zero-order valence-electron chi connectivity index (χ0n) is 38.1. The molecule has 1 heterocycles. The minimum Gasteiger partial charge on any atom is -0.309 e. The average molecular weight is 898 g/mol. The van der Waals surface area contributed by atoms with Gasteiger partial charge in [-0.2, -0.15) is 0 Å². The van der Waals surface area contributed by atoms with Crippen LogP contribution in [0.25, 0.3) is 86.6 Å². The van der Waals surface area contributed by atoms with E-state index in [0.29, 0.717) is 5.41 Å². The van der Waals surface area contributed by atoms with Gasteiger partial charge in [0.2, 0.25) is 0 Å². The summed E-state index contributed by atoms with van der Waals surface area (Å²) in [5, 5.41) is 5.12. The molecule has 2 spiro atoms. The van der Waals surface area contributed by atoms with Gasteiger partial charge in [0.15, 0.2) is 0 Å². The van der Waals surface area contributed by atoms with Crippen LogP contribution < -0.4 is 4.90 Å². The molecule has 2 heteroatoms. The highest BCUT2D eigenvalue weighted by Gasteiger charge is 2.90. The van der Waals surface area contributed by atoms with Crippen LogP contribution in [0.5, 0.6) is 0 Å². The molecule has 0 bridgehead atoms. The van der Waals surface area contributed by atoms with E-state index in [4.69, 9.17) is 0 Å². The van der Waals surface area contributed by atoms with Crippen molar-refractivity contribution in [3.05, 3.63) is 236 Å². The lowest BCUT2D eigenvalue weighted by Crippen LogP contribution is -2.88. The Labute approximate surface area is 407 Å². The van der Waals surface area contributed by atoms with Gasteiger partial charge in [0, 0.05) is 48.0 Å². The van der Waals surface area contributed by atoms with Crippen molar-refractivity contribution in [3.63, 3.8) is 0 Å². The van der Waals surface area contributed by atoms with Crippen molar-refractivity contribution < 1.29 is 0 Å². The highest BCUT2D eigenvalue weighted by atomic mass is 32.1. The van der Waals surface area contributed by atoms with Crippen LogP contribution in [0.15, 0.2) is 224 Å². The molecular formula is C67H47NS. The quantitative estimate of drug-likeness (QED) is 0.154. The molecule has 4 fully saturated rings. The summed E-state index contributed by atoms with van der Waals surface area (Å²) in [5.74, 6) is 3.60. The first-order valence-corrected chi connectivity index (χ1v) is 25.8. The second kappa shape index (κ2) is 14.0. The molecule has 5 aliphatic carbocycles. The van der Waals surface area contributed by atoms with E-state index < -0.39 is 0 Å². The molecule has 16 rings (SSSR count). The SMILES string of the molecule is c1ccc(-c2cccc3cccc(-c4ccccc4N(c4ccc(-c5ccc6c(c5)C5(c7ccccc7-6)C6CC7CC8CC5C786)cc4)c4ccccc4-c4cccc5c4sc4ccccc45)c23)cc1. The molecule has 4 unspecified atom stereocenters. The molecule has 11 aromatic rings. The fourth-order valence-electron chi connectivity index (χ4n) is 15.5. The van der Waals surface area contributed by atoms with E-state index in [1.54, 1.807) is 11.1 Å². The maximum Gasteiger partial charge on any atom is 0.0540 e. The molecule has 4 atom stereocenters. The van der Waals surface area contributed by atoms with E-state index in [0.717, 1.165) is 40.7 Å². The van der Waals surface area contributed by atoms with E-state index in [1.807, 2.05) is 11.3 Å². The van der Waals surface area contributed by atoms with Crippen LogP contribution in [0, 0.1) is 29.1 Å². The zero-order valence-corrected chi connectivity index (χ0v) is 39.0. The number of thiophene rings is 1. The number of anilines is 3. The highest BCUT2D eigenvalue weighted by molar-refractivity contribution is 7.26. The number of hydrogen-bond acceptors (Lipinski definition) is 2. The monoisotopic (exact) mass is 897 g/mol. The van der Waals surface area contributed by atoms with Crippen LogP contribution >= 0.6 is 11.3 Å². The van der Waals surface area contributed by atoms with E-state index in [1.165, 1.54) is 106 Å². The Morgan fingerprint density at radius 1 is 0.391 bits per heavy atom. The Bertz CT molecular complexity index is 3910. The molecule has 4 saturated carbocycles. The summed E-state index contributed by atoms with van der Waals surface area (Å²) in [4.78, 5) is 2.53. The number of rotatable bonds is 7. The largest absolute Gasteiger partial charge is 0.309 e. The maximum absolute atomic E-state index is 2.62. The predicted octanol–water partition coefficient (Wildman–Crippen LogP) is 18.3. The lowest BCUT2D eigenvalue weighted by molar-refractivity contribution is -0.412. The van der Waals surface area contributed by atoms with Gasteiger partial charge < -0.3 is 4.90 Å². The normalized spacial score (nSPS) is 23.0. The first-order chi connectivity index (χ1) is 34.2. The van der Waals surface area contributed by atoms with Crippen LogP contribution in [0.1, 0.15) is 30.4 Å². The van der Waals surface area contributed by atoms with Gasteiger partial charge in [-0.15, -0.1) is 11.3 Å². The number of benzene rings is 10. The second-order valence-corrected chi connectivity index (χ2v) is 21.7. The summed E-state index contributed by atoms with van der Waals surface area (Å²) < 4.78 is 2.63. The topological polar surface area (TPSA) is 3.24 Å². The van der Waals surface area contributed by atoms with Crippen molar-refractivity contribution in [2.24, 2.45) is 29.1 Å². The third-order valence-electron chi connectivity index (χ3n) is 18.2. The summed E-state index contributed by atoms with van der Waals surface area (Å²) >= 11 is 1.90. The van der Waals surface area contributed by atoms with Crippen molar-refractivity contribution in [2.75, 3.05) is 4.90 Å².